The number of allylic oxidation sites excluding steroid dienone is 1. The number of fused-ring (bicyclic) bond motifs is 1. The fraction of sp³-hybridized carbons (Fsp3) is 0.0625. The van der Waals surface area contributed by atoms with E-state index >= 15 is 0 Å². The largest absolute Gasteiger partial charge is 0.289 e. The minimum atomic E-state index is 0.110. The van der Waals surface area contributed by atoms with E-state index in [1.54, 1.807) is 6.08 Å². The number of carbonyl (C=O) groups is 1. The van der Waals surface area contributed by atoms with Crippen molar-refractivity contribution in [2.45, 2.75) is 6.92 Å². The van der Waals surface area contributed by atoms with Crippen molar-refractivity contribution in [3.8, 4) is 0 Å². The maximum Gasteiger partial charge on any atom is 0.187 e. The van der Waals surface area contributed by atoms with Crippen molar-refractivity contribution in [2.75, 3.05) is 0 Å². The minimum Gasteiger partial charge on any atom is -0.289 e. The Morgan fingerprint density at radius 3 is 2.41 bits per heavy atom. The molecule has 0 bridgehead atoms. The molecule has 0 aliphatic heterocycles. The van der Waals surface area contributed by atoms with Gasteiger partial charge in [-0.2, -0.15) is 0 Å². The number of rotatable bonds is 1. The standard InChI is InChI=1S/C16H12O/c1-11-7-8-13-15(9-11)14(10-16(13)17)12-5-3-2-4-6-12/h2-10H,1H3. The highest BCUT2D eigenvalue weighted by molar-refractivity contribution is 6.18. The molecule has 2 aromatic rings. The average molecular weight is 220 g/mol. The molecule has 1 nitrogen and oxygen atoms in total. The summed E-state index contributed by atoms with van der Waals surface area (Å²) in [4.78, 5) is 11.9. The van der Waals surface area contributed by atoms with Crippen LogP contribution < -0.4 is 0 Å². The summed E-state index contributed by atoms with van der Waals surface area (Å²) < 4.78 is 0. The summed E-state index contributed by atoms with van der Waals surface area (Å²) in [5, 5.41) is 0. The molecule has 0 spiro atoms. The first kappa shape index (κ1) is 10.0. The summed E-state index contributed by atoms with van der Waals surface area (Å²) in [5.41, 5.74) is 5.19. The third kappa shape index (κ3) is 1.60. The highest BCUT2D eigenvalue weighted by Crippen LogP contribution is 2.33. The lowest BCUT2D eigenvalue weighted by Gasteiger charge is -2.06. The molecule has 2 aromatic carbocycles. The first-order valence-electron chi connectivity index (χ1n) is 5.68. The smallest absolute Gasteiger partial charge is 0.187 e. The van der Waals surface area contributed by atoms with Crippen molar-refractivity contribution >= 4 is 11.4 Å². The second-order valence-electron chi connectivity index (χ2n) is 4.34. The van der Waals surface area contributed by atoms with Crippen molar-refractivity contribution in [1.29, 1.82) is 0 Å². The predicted molar refractivity (Wildman–Crippen MR) is 69.0 cm³/mol. The Kier molecular flexibility index (Phi) is 2.19. The van der Waals surface area contributed by atoms with Gasteiger partial charge in [-0.15, -0.1) is 0 Å². The monoisotopic (exact) mass is 220 g/mol. The Balaban J connectivity index is 2.20. The van der Waals surface area contributed by atoms with Crippen molar-refractivity contribution in [2.24, 2.45) is 0 Å². The molecule has 0 fully saturated rings. The molecule has 0 heterocycles. The molecule has 0 radical (unpaired) electrons. The number of ketones is 1. The number of aryl methyl sites for hydroxylation is 1. The molecule has 0 unspecified atom stereocenters. The predicted octanol–water partition coefficient (Wildman–Crippen LogP) is 3.62. The zero-order valence-corrected chi connectivity index (χ0v) is 9.60. The summed E-state index contributed by atoms with van der Waals surface area (Å²) in [6, 6.07) is 16.0. The van der Waals surface area contributed by atoms with Crippen LogP contribution in [0.15, 0.2) is 54.6 Å². The van der Waals surface area contributed by atoms with E-state index in [0.29, 0.717) is 0 Å². The van der Waals surface area contributed by atoms with Crippen LogP contribution in [0.3, 0.4) is 0 Å². The fourth-order valence-electron chi connectivity index (χ4n) is 2.24. The van der Waals surface area contributed by atoms with Crippen LogP contribution in [0.1, 0.15) is 27.0 Å². The second kappa shape index (κ2) is 3.70. The molecule has 0 N–H and O–H groups in total. The Morgan fingerprint density at radius 2 is 1.65 bits per heavy atom. The van der Waals surface area contributed by atoms with Crippen molar-refractivity contribution in [3.63, 3.8) is 0 Å². The van der Waals surface area contributed by atoms with E-state index in [0.717, 1.165) is 22.3 Å². The van der Waals surface area contributed by atoms with Gasteiger partial charge in [0.25, 0.3) is 0 Å². The SMILES string of the molecule is Cc1ccc2c(c1)C(c1ccccc1)=CC2=O. The molecule has 3 rings (SSSR count). The van der Waals surface area contributed by atoms with Gasteiger partial charge in [0.15, 0.2) is 5.78 Å². The number of benzene rings is 2. The molecule has 0 amide bonds. The van der Waals surface area contributed by atoms with E-state index in [1.807, 2.05) is 49.4 Å². The lowest BCUT2D eigenvalue weighted by Crippen LogP contribution is -1.92. The second-order valence-corrected chi connectivity index (χ2v) is 4.34. The van der Waals surface area contributed by atoms with Gasteiger partial charge >= 0.3 is 0 Å². The molecule has 1 aliphatic rings. The minimum absolute atomic E-state index is 0.110. The number of hydrogen-bond donors (Lipinski definition) is 0. The first-order valence-corrected chi connectivity index (χ1v) is 5.68. The zero-order chi connectivity index (χ0) is 11.8. The Hall–Kier alpha value is -2.15. The Labute approximate surface area is 100 Å². The van der Waals surface area contributed by atoms with E-state index in [4.69, 9.17) is 0 Å². The molecule has 0 saturated heterocycles. The van der Waals surface area contributed by atoms with Gasteiger partial charge in [-0.05, 0) is 29.7 Å². The zero-order valence-electron chi connectivity index (χ0n) is 9.60. The summed E-state index contributed by atoms with van der Waals surface area (Å²) in [5.74, 6) is 0.110. The number of carbonyl (C=O) groups excluding carboxylic acids is 1. The van der Waals surface area contributed by atoms with Gasteiger partial charge in [-0.25, -0.2) is 0 Å². The van der Waals surface area contributed by atoms with E-state index in [1.165, 1.54) is 5.56 Å². The molecule has 0 saturated carbocycles. The summed E-state index contributed by atoms with van der Waals surface area (Å²) in [6.45, 7) is 2.05. The van der Waals surface area contributed by atoms with Gasteiger partial charge in [0, 0.05) is 5.56 Å². The van der Waals surface area contributed by atoms with Gasteiger partial charge in [-0.1, -0.05) is 54.1 Å². The summed E-state index contributed by atoms with van der Waals surface area (Å²) >= 11 is 0. The fourth-order valence-corrected chi connectivity index (χ4v) is 2.24. The number of hydrogen-bond acceptors (Lipinski definition) is 1. The van der Waals surface area contributed by atoms with Gasteiger partial charge in [0.05, 0.1) is 0 Å². The van der Waals surface area contributed by atoms with E-state index in [-0.39, 0.29) is 5.78 Å². The molecule has 1 aliphatic carbocycles. The summed E-state index contributed by atoms with van der Waals surface area (Å²) in [7, 11) is 0. The first-order chi connectivity index (χ1) is 8.25. The molecular weight excluding hydrogens is 208 g/mol. The highest BCUT2D eigenvalue weighted by Gasteiger charge is 2.21. The van der Waals surface area contributed by atoms with Crippen LogP contribution in [-0.2, 0) is 0 Å². The Bertz CT molecular complexity index is 621. The van der Waals surface area contributed by atoms with Crippen molar-refractivity contribution in [1.82, 2.24) is 0 Å². The van der Waals surface area contributed by atoms with E-state index in [9.17, 15) is 4.79 Å². The van der Waals surface area contributed by atoms with Crippen LogP contribution in [0, 0.1) is 6.92 Å². The van der Waals surface area contributed by atoms with Crippen LogP contribution in [0.2, 0.25) is 0 Å². The maximum absolute atomic E-state index is 11.9. The van der Waals surface area contributed by atoms with Crippen molar-refractivity contribution < 1.29 is 4.79 Å². The van der Waals surface area contributed by atoms with Gasteiger partial charge < -0.3 is 0 Å². The topological polar surface area (TPSA) is 17.1 Å². The molecule has 1 heteroatoms. The van der Waals surface area contributed by atoms with Crippen LogP contribution in [-0.4, -0.2) is 5.78 Å². The molecule has 82 valence electrons. The summed E-state index contributed by atoms with van der Waals surface area (Å²) in [6.07, 6.45) is 1.74. The van der Waals surface area contributed by atoms with Gasteiger partial charge in [0.1, 0.15) is 0 Å². The van der Waals surface area contributed by atoms with Crippen molar-refractivity contribution in [3.05, 3.63) is 76.9 Å². The molecule has 0 atom stereocenters. The lowest BCUT2D eigenvalue weighted by molar-refractivity contribution is 0.105. The van der Waals surface area contributed by atoms with Crippen LogP contribution in [0.4, 0.5) is 0 Å². The van der Waals surface area contributed by atoms with E-state index in [2.05, 4.69) is 6.07 Å². The third-order valence-electron chi connectivity index (χ3n) is 3.09. The molecular formula is C16H12O. The van der Waals surface area contributed by atoms with Crippen LogP contribution in [0.25, 0.3) is 5.57 Å². The average Bonchev–Trinajstić information content (AvgIpc) is 2.67. The van der Waals surface area contributed by atoms with Gasteiger partial charge in [0.2, 0.25) is 0 Å². The van der Waals surface area contributed by atoms with Gasteiger partial charge in [-0.3, -0.25) is 4.79 Å². The normalized spacial score (nSPS) is 13.5. The Morgan fingerprint density at radius 1 is 0.882 bits per heavy atom. The molecule has 0 aromatic heterocycles. The lowest BCUT2D eigenvalue weighted by atomic mass is 9.98. The maximum atomic E-state index is 11.9. The van der Waals surface area contributed by atoms with E-state index < -0.39 is 0 Å². The molecule has 17 heavy (non-hydrogen) atoms. The highest BCUT2D eigenvalue weighted by atomic mass is 16.1. The van der Waals surface area contributed by atoms with Crippen LogP contribution >= 0.6 is 0 Å². The van der Waals surface area contributed by atoms with Crippen LogP contribution in [0.5, 0.6) is 0 Å². The quantitative estimate of drug-likeness (QED) is 0.717. The third-order valence-corrected chi connectivity index (χ3v) is 3.09.